The maximum absolute atomic E-state index is 11.7. The highest BCUT2D eigenvalue weighted by atomic mass is 32.1. The van der Waals surface area contributed by atoms with Gasteiger partial charge in [-0.1, -0.05) is 35.1 Å². The lowest BCUT2D eigenvalue weighted by atomic mass is 10.1. The van der Waals surface area contributed by atoms with E-state index < -0.39 is 0 Å². The standard InChI is InChI=1S/C14H15N3OS/c1-9-4-5-12(10(2)8-9)6-7-13(18)15-14-17-16-11(3)19-14/h4-8H,1-3H3,(H,15,17,18)/b7-6+. The molecule has 1 aromatic heterocycles. The molecule has 0 saturated heterocycles. The number of aryl methyl sites for hydroxylation is 3. The van der Waals surface area contributed by atoms with Gasteiger partial charge in [0.15, 0.2) is 0 Å². The highest BCUT2D eigenvalue weighted by Gasteiger charge is 2.03. The summed E-state index contributed by atoms with van der Waals surface area (Å²) >= 11 is 1.35. The lowest BCUT2D eigenvalue weighted by Crippen LogP contribution is -2.07. The molecule has 1 amide bonds. The van der Waals surface area contributed by atoms with Crippen molar-refractivity contribution in [2.75, 3.05) is 5.32 Å². The summed E-state index contributed by atoms with van der Waals surface area (Å²) < 4.78 is 0. The lowest BCUT2D eigenvalue weighted by Gasteiger charge is -2.01. The van der Waals surface area contributed by atoms with Crippen molar-refractivity contribution in [1.82, 2.24) is 10.2 Å². The Morgan fingerprint density at radius 3 is 2.68 bits per heavy atom. The van der Waals surface area contributed by atoms with Crippen LogP contribution in [0.1, 0.15) is 21.7 Å². The fourth-order valence-electron chi connectivity index (χ4n) is 1.67. The molecule has 0 fully saturated rings. The van der Waals surface area contributed by atoms with E-state index >= 15 is 0 Å². The second kappa shape index (κ2) is 5.75. The van der Waals surface area contributed by atoms with Crippen LogP contribution in [0.2, 0.25) is 0 Å². The van der Waals surface area contributed by atoms with E-state index in [2.05, 4.69) is 21.6 Å². The fourth-order valence-corrected chi connectivity index (χ4v) is 2.27. The molecule has 0 spiro atoms. The van der Waals surface area contributed by atoms with Crippen molar-refractivity contribution >= 4 is 28.5 Å². The smallest absolute Gasteiger partial charge is 0.250 e. The van der Waals surface area contributed by atoms with E-state index in [1.54, 1.807) is 6.08 Å². The van der Waals surface area contributed by atoms with E-state index in [1.807, 2.05) is 32.9 Å². The minimum Gasteiger partial charge on any atom is -0.297 e. The third-order valence-corrected chi connectivity index (χ3v) is 3.35. The van der Waals surface area contributed by atoms with Crippen LogP contribution in [0.25, 0.3) is 6.08 Å². The number of hydrogen-bond donors (Lipinski definition) is 1. The molecule has 2 rings (SSSR count). The Morgan fingerprint density at radius 1 is 1.26 bits per heavy atom. The summed E-state index contributed by atoms with van der Waals surface area (Å²) in [6.45, 7) is 5.92. The summed E-state index contributed by atoms with van der Waals surface area (Å²) in [4.78, 5) is 11.7. The second-order valence-corrected chi connectivity index (χ2v) is 5.49. The summed E-state index contributed by atoms with van der Waals surface area (Å²) in [5.41, 5.74) is 3.40. The Balaban J connectivity index is 2.03. The summed E-state index contributed by atoms with van der Waals surface area (Å²) in [6, 6.07) is 6.12. The quantitative estimate of drug-likeness (QED) is 0.874. The van der Waals surface area contributed by atoms with Gasteiger partial charge >= 0.3 is 0 Å². The molecule has 19 heavy (non-hydrogen) atoms. The van der Waals surface area contributed by atoms with E-state index in [-0.39, 0.29) is 5.91 Å². The highest BCUT2D eigenvalue weighted by Crippen LogP contribution is 2.14. The first-order valence-corrected chi connectivity index (χ1v) is 6.72. The van der Waals surface area contributed by atoms with Crippen LogP contribution in [0.15, 0.2) is 24.3 Å². The third-order valence-electron chi connectivity index (χ3n) is 2.60. The van der Waals surface area contributed by atoms with Gasteiger partial charge in [0.1, 0.15) is 5.01 Å². The van der Waals surface area contributed by atoms with Gasteiger partial charge in [-0.25, -0.2) is 0 Å². The number of aromatic nitrogens is 2. The number of amides is 1. The molecule has 1 N–H and O–H groups in total. The molecule has 4 nitrogen and oxygen atoms in total. The molecule has 1 aromatic carbocycles. The first kappa shape index (κ1) is 13.4. The van der Waals surface area contributed by atoms with Gasteiger partial charge in [0.2, 0.25) is 11.0 Å². The highest BCUT2D eigenvalue weighted by molar-refractivity contribution is 7.15. The number of carbonyl (C=O) groups excluding carboxylic acids is 1. The average Bonchev–Trinajstić information content (AvgIpc) is 2.73. The number of carbonyl (C=O) groups is 1. The van der Waals surface area contributed by atoms with E-state index in [1.165, 1.54) is 23.0 Å². The molecule has 2 aromatic rings. The molecule has 0 atom stereocenters. The van der Waals surface area contributed by atoms with Gasteiger partial charge < -0.3 is 0 Å². The Morgan fingerprint density at radius 2 is 2.05 bits per heavy atom. The van der Waals surface area contributed by atoms with Gasteiger partial charge in [-0.3, -0.25) is 10.1 Å². The zero-order valence-electron chi connectivity index (χ0n) is 11.1. The average molecular weight is 273 g/mol. The molecule has 0 aliphatic rings. The van der Waals surface area contributed by atoms with Crippen LogP contribution in [0, 0.1) is 20.8 Å². The largest absolute Gasteiger partial charge is 0.297 e. The van der Waals surface area contributed by atoms with E-state index in [0.29, 0.717) is 5.13 Å². The molecular weight excluding hydrogens is 258 g/mol. The first-order chi connectivity index (χ1) is 9.04. The summed E-state index contributed by atoms with van der Waals surface area (Å²) in [7, 11) is 0. The van der Waals surface area contributed by atoms with Crippen molar-refractivity contribution in [2.24, 2.45) is 0 Å². The van der Waals surface area contributed by atoms with Gasteiger partial charge in [-0.15, -0.1) is 10.2 Å². The van der Waals surface area contributed by atoms with Crippen molar-refractivity contribution in [3.8, 4) is 0 Å². The number of anilines is 1. The van der Waals surface area contributed by atoms with Crippen LogP contribution in [0.3, 0.4) is 0 Å². The molecule has 0 aliphatic carbocycles. The van der Waals surface area contributed by atoms with Crippen molar-refractivity contribution in [1.29, 1.82) is 0 Å². The predicted octanol–water partition coefficient (Wildman–Crippen LogP) is 3.12. The van der Waals surface area contributed by atoms with Gasteiger partial charge in [0, 0.05) is 6.08 Å². The number of benzene rings is 1. The van der Waals surface area contributed by atoms with Crippen molar-refractivity contribution in [2.45, 2.75) is 20.8 Å². The SMILES string of the molecule is Cc1ccc(/C=C/C(=O)Nc2nnc(C)s2)c(C)c1. The summed E-state index contributed by atoms with van der Waals surface area (Å²) in [5.74, 6) is -0.198. The molecule has 0 aliphatic heterocycles. The van der Waals surface area contributed by atoms with Gasteiger partial charge in [0.25, 0.3) is 0 Å². The van der Waals surface area contributed by atoms with Gasteiger partial charge in [-0.05, 0) is 38.0 Å². The molecule has 0 saturated carbocycles. The van der Waals surface area contributed by atoms with Crippen LogP contribution in [-0.4, -0.2) is 16.1 Å². The third kappa shape index (κ3) is 3.72. The molecular formula is C14H15N3OS. The maximum atomic E-state index is 11.7. The fraction of sp³-hybridized carbons (Fsp3) is 0.214. The Kier molecular flexibility index (Phi) is 4.06. The Bertz CT molecular complexity index is 631. The van der Waals surface area contributed by atoms with Crippen LogP contribution in [-0.2, 0) is 4.79 Å². The van der Waals surface area contributed by atoms with E-state index in [4.69, 9.17) is 0 Å². The number of hydrogen-bond acceptors (Lipinski definition) is 4. The van der Waals surface area contributed by atoms with Crippen molar-refractivity contribution < 1.29 is 4.79 Å². The Labute approximate surface area is 116 Å². The molecule has 0 radical (unpaired) electrons. The van der Waals surface area contributed by atoms with Crippen LogP contribution in [0.4, 0.5) is 5.13 Å². The lowest BCUT2D eigenvalue weighted by molar-refractivity contribution is -0.111. The van der Waals surface area contributed by atoms with Crippen molar-refractivity contribution in [3.05, 3.63) is 46.0 Å². The van der Waals surface area contributed by atoms with Gasteiger partial charge in [-0.2, -0.15) is 0 Å². The minimum atomic E-state index is -0.198. The van der Waals surface area contributed by atoms with Gasteiger partial charge in [0.05, 0.1) is 0 Å². The normalized spacial score (nSPS) is 10.9. The summed E-state index contributed by atoms with van der Waals surface area (Å²) in [5, 5.41) is 11.7. The van der Waals surface area contributed by atoms with Crippen LogP contribution in [0.5, 0.6) is 0 Å². The van der Waals surface area contributed by atoms with Crippen LogP contribution >= 0.6 is 11.3 Å². The monoisotopic (exact) mass is 273 g/mol. The molecule has 0 unspecified atom stereocenters. The minimum absolute atomic E-state index is 0.198. The van der Waals surface area contributed by atoms with Crippen molar-refractivity contribution in [3.63, 3.8) is 0 Å². The van der Waals surface area contributed by atoms with E-state index in [0.717, 1.165) is 16.1 Å². The number of nitrogens with one attached hydrogen (secondary N) is 1. The predicted molar refractivity (Wildman–Crippen MR) is 78.2 cm³/mol. The molecule has 1 heterocycles. The number of nitrogens with zero attached hydrogens (tertiary/aromatic N) is 2. The Hall–Kier alpha value is -2.01. The molecule has 0 bridgehead atoms. The first-order valence-electron chi connectivity index (χ1n) is 5.91. The zero-order chi connectivity index (χ0) is 13.8. The topological polar surface area (TPSA) is 54.9 Å². The summed E-state index contributed by atoms with van der Waals surface area (Å²) in [6.07, 6.45) is 3.31. The molecule has 98 valence electrons. The second-order valence-electron chi connectivity index (χ2n) is 4.31. The molecule has 5 heteroatoms. The maximum Gasteiger partial charge on any atom is 0.250 e. The number of rotatable bonds is 3. The van der Waals surface area contributed by atoms with Crippen LogP contribution < -0.4 is 5.32 Å². The zero-order valence-corrected chi connectivity index (χ0v) is 11.9. The van der Waals surface area contributed by atoms with E-state index in [9.17, 15) is 4.79 Å².